The monoisotopic (exact) mass is 625 g/mol. The minimum Gasteiger partial charge on any atom is -0.370 e. The van der Waals surface area contributed by atoms with Crippen molar-refractivity contribution in [1.82, 2.24) is 25.5 Å². The van der Waals surface area contributed by atoms with Crippen molar-refractivity contribution < 1.29 is 4.92 Å². The summed E-state index contributed by atoms with van der Waals surface area (Å²) in [5.74, 6) is 2.20. The van der Waals surface area contributed by atoms with E-state index in [1.807, 2.05) is 17.6 Å². The van der Waals surface area contributed by atoms with Crippen molar-refractivity contribution in [2.75, 3.05) is 39.0 Å². The van der Waals surface area contributed by atoms with Gasteiger partial charge < -0.3 is 27.0 Å². The largest absolute Gasteiger partial charge is 0.370 e. The van der Waals surface area contributed by atoms with Gasteiger partial charge in [-0.05, 0) is 57.1 Å². The Labute approximate surface area is 262 Å². The van der Waals surface area contributed by atoms with Gasteiger partial charge in [0.25, 0.3) is 6.20 Å². The molecule has 0 saturated heterocycles. The van der Waals surface area contributed by atoms with E-state index in [2.05, 4.69) is 80.0 Å². The molecule has 232 valence electrons. The lowest BCUT2D eigenvalue weighted by Crippen LogP contribution is -2.29. The van der Waals surface area contributed by atoms with Crippen LogP contribution in [-0.2, 0) is 5.75 Å². The lowest BCUT2D eigenvalue weighted by Gasteiger charge is -2.22. The average Bonchev–Trinajstić information content (AvgIpc) is 3.43. The molecule has 1 aromatic carbocycles. The first-order chi connectivity index (χ1) is 20.9. The highest BCUT2D eigenvalue weighted by Gasteiger charge is 2.16. The van der Waals surface area contributed by atoms with Crippen molar-refractivity contribution in [2.45, 2.75) is 43.8 Å². The number of unbranched alkanes of at least 4 members (excludes halogenated alkanes) is 3. The van der Waals surface area contributed by atoms with Crippen LogP contribution >= 0.6 is 23.1 Å². The minimum atomic E-state index is -0.436. The van der Waals surface area contributed by atoms with Gasteiger partial charge in [0.15, 0.2) is 11.8 Å². The zero-order valence-corrected chi connectivity index (χ0v) is 26.4. The van der Waals surface area contributed by atoms with Gasteiger partial charge in [0.2, 0.25) is 5.13 Å². The number of benzene rings is 1. The lowest BCUT2D eigenvalue weighted by atomic mass is 9.92. The average molecular weight is 626 g/mol. The molecule has 1 unspecified atom stereocenters. The summed E-state index contributed by atoms with van der Waals surface area (Å²) in [5.41, 5.74) is 14.1. The molecule has 13 heteroatoms. The Bertz CT molecular complexity index is 1230. The third-order valence-corrected chi connectivity index (χ3v) is 8.41. The van der Waals surface area contributed by atoms with Gasteiger partial charge in [-0.15, -0.1) is 11.3 Å². The molecule has 6 N–H and O–H groups in total. The molecule has 2 heterocycles. The fraction of sp³-hybridized carbons (Fsp3) is 0.433. The summed E-state index contributed by atoms with van der Waals surface area (Å²) in [6.45, 7) is 3.32. The molecule has 0 fully saturated rings. The topological polar surface area (TPSA) is 161 Å². The number of nitro groups is 1. The standard InChI is InChI=1S/C30H43N9O2S2/c1-38(19-14-26(24-11-5-4-6-12-24)27-13-7-9-15-33-27)18-10-3-2-8-16-34-28(21-39(40)41)35-17-20-42-22-25-23-43-30(36-25)37-29(31)32/h4-7,9,11-13,15,21,23,26,34-35H,2-3,8,10,14,16-20,22H2,1H3,(H4,31,32,36,37)/b28-21+. The van der Waals surface area contributed by atoms with Gasteiger partial charge in [0, 0.05) is 47.8 Å². The number of nitrogens with one attached hydrogen (secondary N) is 2. The number of pyridine rings is 1. The highest BCUT2D eigenvalue weighted by atomic mass is 32.2. The Morgan fingerprint density at radius 3 is 2.60 bits per heavy atom. The van der Waals surface area contributed by atoms with Gasteiger partial charge in [-0.25, -0.2) is 4.98 Å². The van der Waals surface area contributed by atoms with E-state index in [1.54, 1.807) is 11.8 Å². The molecule has 0 aliphatic heterocycles. The van der Waals surface area contributed by atoms with Crippen molar-refractivity contribution in [2.24, 2.45) is 16.5 Å². The predicted octanol–water partition coefficient (Wildman–Crippen LogP) is 4.65. The highest BCUT2D eigenvalue weighted by Crippen LogP contribution is 2.26. The van der Waals surface area contributed by atoms with Gasteiger partial charge >= 0.3 is 0 Å². The number of hydrogen-bond donors (Lipinski definition) is 4. The normalized spacial score (nSPS) is 12.2. The molecule has 0 amide bonds. The first kappa shape index (κ1) is 33.8. The van der Waals surface area contributed by atoms with Crippen LogP contribution in [0.3, 0.4) is 0 Å². The zero-order valence-electron chi connectivity index (χ0n) is 24.7. The van der Waals surface area contributed by atoms with Gasteiger partial charge in [-0.2, -0.15) is 16.8 Å². The highest BCUT2D eigenvalue weighted by molar-refractivity contribution is 7.98. The molecule has 0 aliphatic carbocycles. The molecule has 11 nitrogen and oxygen atoms in total. The molecule has 0 aliphatic rings. The van der Waals surface area contributed by atoms with Crippen molar-refractivity contribution in [3.63, 3.8) is 0 Å². The van der Waals surface area contributed by atoms with Crippen LogP contribution in [0.1, 0.15) is 55.0 Å². The molecule has 3 rings (SSSR count). The van der Waals surface area contributed by atoms with Crippen LogP contribution in [0.5, 0.6) is 0 Å². The Hall–Kier alpha value is -3.68. The fourth-order valence-corrected chi connectivity index (χ4v) is 6.07. The molecule has 0 spiro atoms. The smallest absolute Gasteiger partial charge is 0.274 e. The van der Waals surface area contributed by atoms with Gasteiger partial charge in [0.1, 0.15) is 0 Å². The van der Waals surface area contributed by atoms with Crippen LogP contribution in [0.4, 0.5) is 5.13 Å². The molecule has 0 saturated carbocycles. The lowest BCUT2D eigenvalue weighted by molar-refractivity contribution is -0.404. The second-order valence-corrected chi connectivity index (χ2v) is 12.1. The van der Waals surface area contributed by atoms with Crippen molar-refractivity contribution in [3.8, 4) is 0 Å². The maximum Gasteiger partial charge on any atom is 0.274 e. The number of guanidine groups is 1. The van der Waals surface area contributed by atoms with E-state index in [1.165, 1.54) is 16.9 Å². The number of thioether (sulfide) groups is 1. The molecule has 2 aromatic heterocycles. The molecule has 3 aromatic rings. The SMILES string of the molecule is CN(CCCCCCN/C(=C\[N+](=O)[O-])NCCSCc1csc(N=C(N)N)n1)CCC(c1ccccc1)c1ccccn1. The third kappa shape index (κ3) is 13.9. The summed E-state index contributed by atoms with van der Waals surface area (Å²) in [4.78, 5) is 25.9. The molecule has 1 atom stereocenters. The number of rotatable bonds is 21. The maximum absolute atomic E-state index is 11.1. The van der Waals surface area contributed by atoms with E-state index < -0.39 is 4.92 Å². The summed E-state index contributed by atoms with van der Waals surface area (Å²) >= 11 is 3.07. The first-order valence-corrected chi connectivity index (χ1v) is 16.5. The summed E-state index contributed by atoms with van der Waals surface area (Å²) in [5, 5.41) is 19.8. The summed E-state index contributed by atoms with van der Waals surface area (Å²) in [7, 11) is 2.18. The van der Waals surface area contributed by atoms with Gasteiger partial charge in [0.05, 0.1) is 10.6 Å². The van der Waals surface area contributed by atoms with Crippen LogP contribution in [0.2, 0.25) is 0 Å². The Kier molecular flexibility index (Phi) is 15.3. The molecular weight excluding hydrogens is 583 g/mol. The second kappa shape index (κ2) is 19.5. The van der Waals surface area contributed by atoms with E-state index in [0.29, 0.717) is 29.8 Å². The van der Waals surface area contributed by atoms with E-state index >= 15 is 0 Å². The van der Waals surface area contributed by atoms with Crippen LogP contribution < -0.4 is 22.1 Å². The molecular formula is C30H43N9O2S2. The van der Waals surface area contributed by atoms with Crippen LogP contribution in [0, 0.1) is 10.1 Å². The molecule has 0 radical (unpaired) electrons. The molecule has 0 bridgehead atoms. The zero-order chi connectivity index (χ0) is 30.7. The van der Waals surface area contributed by atoms with Crippen molar-refractivity contribution in [1.29, 1.82) is 0 Å². The summed E-state index contributed by atoms with van der Waals surface area (Å²) in [6.07, 6.45) is 8.14. The first-order valence-electron chi connectivity index (χ1n) is 14.5. The Balaban J connectivity index is 1.27. The minimum absolute atomic E-state index is 0.0105. The second-order valence-electron chi connectivity index (χ2n) is 10.1. The van der Waals surface area contributed by atoms with E-state index in [4.69, 9.17) is 11.5 Å². The van der Waals surface area contributed by atoms with E-state index in [-0.39, 0.29) is 11.9 Å². The summed E-state index contributed by atoms with van der Waals surface area (Å²) in [6, 6.07) is 16.7. The molecule has 43 heavy (non-hydrogen) atoms. The number of hydrogen-bond acceptors (Lipinski definition) is 10. The van der Waals surface area contributed by atoms with Crippen molar-refractivity contribution >= 4 is 34.2 Å². The number of aliphatic imine (C=N–C) groups is 1. The van der Waals surface area contributed by atoms with Crippen LogP contribution in [-0.4, -0.2) is 64.7 Å². The van der Waals surface area contributed by atoms with Gasteiger partial charge in [-0.1, -0.05) is 49.2 Å². The summed E-state index contributed by atoms with van der Waals surface area (Å²) < 4.78 is 0. The maximum atomic E-state index is 11.1. The quantitative estimate of drug-likeness (QED) is 0.0431. The van der Waals surface area contributed by atoms with E-state index in [0.717, 1.165) is 68.5 Å². The van der Waals surface area contributed by atoms with Crippen molar-refractivity contribution in [3.05, 3.63) is 99.2 Å². The third-order valence-electron chi connectivity index (χ3n) is 6.64. The van der Waals surface area contributed by atoms with Gasteiger partial charge in [-0.3, -0.25) is 15.1 Å². The number of nitrogens with zero attached hydrogens (tertiary/aromatic N) is 5. The predicted molar refractivity (Wildman–Crippen MR) is 178 cm³/mol. The van der Waals surface area contributed by atoms with Crippen LogP contribution in [0.25, 0.3) is 0 Å². The Morgan fingerprint density at radius 1 is 1.09 bits per heavy atom. The number of thiazole rings is 1. The van der Waals surface area contributed by atoms with E-state index in [9.17, 15) is 10.1 Å². The Morgan fingerprint density at radius 2 is 1.86 bits per heavy atom. The fourth-order valence-electron chi connectivity index (χ4n) is 4.52. The van der Waals surface area contributed by atoms with Crippen LogP contribution in [0.15, 0.2) is 77.1 Å². The number of nitrogens with two attached hydrogens (primary N) is 2. The number of aromatic nitrogens is 2.